The van der Waals surface area contributed by atoms with E-state index in [1.165, 1.54) is 7.11 Å². The highest BCUT2D eigenvalue weighted by molar-refractivity contribution is 7.92. The predicted octanol–water partition coefficient (Wildman–Crippen LogP) is 5.89. The van der Waals surface area contributed by atoms with Crippen molar-refractivity contribution in [1.29, 1.82) is 0 Å². The molecule has 3 aromatic rings. The third-order valence-electron chi connectivity index (χ3n) is 7.62. The van der Waals surface area contributed by atoms with Crippen LogP contribution in [0.5, 0.6) is 0 Å². The number of methoxy groups -OCH3 is 1. The first-order valence-corrected chi connectivity index (χ1v) is 13.5. The van der Waals surface area contributed by atoms with Gasteiger partial charge in [0, 0.05) is 11.6 Å². The summed E-state index contributed by atoms with van der Waals surface area (Å²) in [7, 11) is -2.39. The lowest BCUT2D eigenvalue weighted by Crippen LogP contribution is -2.44. The molecule has 0 bridgehead atoms. The van der Waals surface area contributed by atoms with Gasteiger partial charge in [-0.05, 0) is 85.7 Å². The second kappa shape index (κ2) is 8.82. The van der Waals surface area contributed by atoms with Crippen LogP contribution < -0.4 is 10.0 Å². The van der Waals surface area contributed by atoms with Gasteiger partial charge in [-0.3, -0.25) is 4.72 Å². The molecule has 0 fully saturated rings. The fraction of sp³-hybridized carbons (Fsp3) is 0.276. The zero-order valence-corrected chi connectivity index (χ0v) is 21.6. The zero-order chi connectivity index (χ0) is 25.7. The molecule has 0 aromatic heterocycles. The molecule has 36 heavy (non-hydrogen) atoms. The van der Waals surface area contributed by atoms with E-state index in [0.717, 1.165) is 34.4 Å². The van der Waals surface area contributed by atoms with Gasteiger partial charge in [0.25, 0.3) is 10.0 Å². The SMILES string of the molecule is COC(=O)c1ccc(C2(C)Nc3ccc(S(=O)(=O)Nc4c(C)cccc4C)cc3C3C=CCC32)cc1. The van der Waals surface area contributed by atoms with Crippen molar-refractivity contribution in [2.24, 2.45) is 5.92 Å². The number of anilines is 2. The van der Waals surface area contributed by atoms with Gasteiger partial charge in [0.1, 0.15) is 0 Å². The summed E-state index contributed by atoms with van der Waals surface area (Å²) in [6.45, 7) is 5.96. The molecule has 3 unspecified atom stereocenters. The number of carbonyl (C=O) groups is 1. The molecule has 0 spiro atoms. The average Bonchev–Trinajstić information content (AvgIpc) is 3.37. The molecule has 1 aliphatic heterocycles. The number of ether oxygens (including phenoxy) is 1. The number of aryl methyl sites for hydroxylation is 2. The third-order valence-corrected chi connectivity index (χ3v) is 8.97. The van der Waals surface area contributed by atoms with Gasteiger partial charge in [-0.2, -0.15) is 0 Å². The van der Waals surface area contributed by atoms with Crippen LogP contribution in [0, 0.1) is 19.8 Å². The molecule has 3 atom stereocenters. The fourth-order valence-electron chi connectivity index (χ4n) is 5.56. The van der Waals surface area contributed by atoms with Crippen LogP contribution in [0.4, 0.5) is 11.4 Å². The van der Waals surface area contributed by atoms with E-state index in [4.69, 9.17) is 4.74 Å². The van der Waals surface area contributed by atoms with E-state index in [1.54, 1.807) is 24.3 Å². The highest BCUT2D eigenvalue weighted by Gasteiger charge is 2.46. The Morgan fingerprint density at radius 1 is 1.06 bits per heavy atom. The lowest BCUT2D eigenvalue weighted by atomic mass is 9.68. The second-order valence-electron chi connectivity index (χ2n) is 9.81. The molecule has 3 aromatic carbocycles. The summed E-state index contributed by atoms with van der Waals surface area (Å²) in [4.78, 5) is 12.1. The largest absolute Gasteiger partial charge is 0.465 e. The Balaban J connectivity index is 1.50. The Hall–Kier alpha value is -3.58. The maximum Gasteiger partial charge on any atom is 0.337 e. The van der Waals surface area contributed by atoms with Crippen molar-refractivity contribution in [3.8, 4) is 0 Å². The number of hydrogen-bond acceptors (Lipinski definition) is 5. The van der Waals surface area contributed by atoms with Gasteiger partial charge >= 0.3 is 5.97 Å². The van der Waals surface area contributed by atoms with Crippen LogP contribution in [0.2, 0.25) is 0 Å². The van der Waals surface area contributed by atoms with E-state index >= 15 is 0 Å². The maximum atomic E-state index is 13.4. The summed E-state index contributed by atoms with van der Waals surface area (Å²) >= 11 is 0. The molecule has 0 amide bonds. The molecular formula is C29H30N2O4S. The van der Waals surface area contributed by atoms with Crippen molar-refractivity contribution < 1.29 is 17.9 Å². The van der Waals surface area contributed by atoms with E-state index < -0.39 is 15.6 Å². The van der Waals surface area contributed by atoms with Crippen molar-refractivity contribution in [2.75, 3.05) is 17.1 Å². The van der Waals surface area contributed by atoms with Crippen LogP contribution in [-0.4, -0.2) is 21.5 Å². The molecule has 1 heterocycles. The summed E-state index contributed by atoms with van der Waals surface area (Å²) in [5, 5.41) is 3.70. The number of sulfonamides is 1. The third kappa shape index (κ3) is 3.97. The minimum absolute atomic E-state index is 0.0712. The number of carbonyl (C=O) groups excluding carboxylic acids is 1. The lowest BCUT2D eigenvalue weighted by Gasteiger charge is -2.46. The summed E-state index contributed by atoms with van der Waals surface area (Å²) in [5.74, 6) is -0.0994. The molecule has 2 N–H and O–H groups in total. The number of esters is 1. The molecule has 186 valence electrons. The van der Waals surface area contributed by atoms with Crippen molar-refractivity contribution in [1.82, 2.24) is 0 Å². The van der Waals surface area contributed by atoms with Crippen molar-refractivity contribution in [3.05, 3.63) is 101 Å². The number of hydrogen-bond donors (Lipinski definition) is 2. The molecule has 0 radical (unpaired) electrons. The molecule has 7 heteroatoms. The Kier molecular flexibility index (Phi) is 5.91. The number of nitrogens with one attached hydrogen (secondary N) is 2. The summed E-state index contributed by atoms with van der Waals surface area (Å²) in [6.07, 6.45) is 5.22. The summed E-state index contributed by atoms with van der Waals surface area (Å²) < 4.78 is 34.3. The molecule has 6 nitrogen and oxygen atoms in total. The Labute approximate surface area is 212 Å². The Morgan fingerprint density at radius 2 is 1.75 bits per heavy atom. The summed E-state index contributed by atoms with van der Waals surface area (Å²) in [5.41, 5.74) is 5.44. The number of fused-ring (bicyclic) bond motifs is 3. The van der Waals surface area contributed by atoms with E-state index in [2.05, 4.69) is 29.1 Å². The van der Waals surface area contributed by atoms with Crippen molar-refractivity contribution in [2.45, 2.75) is 43.5 Å². The van der Waals surface area contributed by atoms with Gasteiger partial charge in [0.15, 0.2) is 0 Å². The molecule has 0 saturated carbocycles. The van der Waals surface area contributed by atoms with Crippen LogP contribution in [0.1, 0.15) is 51.9 Å². The monoisotopic (exact) mass is 502 g/mol. The fourth-order valence-corrected chi connectivity index (χ4v) is 6.80. The van der Waals surface area contributed by atoms with Crippen molar-refractivity contribution >= 4 is 27.4 Å². The number of allylic oxidation sites excluding steroid dienone is 2. The lowest BCUT2D eigenvalue weighted by molar-refractivity contribution is 0.0600. The second-order valence-corrected chi connectivity index (χ2v) is 11.5. The van der Waals surface area contributed by atoms with Crippen LogP contribution in [0.3, 0.4) is 0 Å². The van der Waals surface area contributed by atoms with Gasteiger partial charge < -0.3 is 10.1 Å². The minimum atomic E-state index is -3.76. The topological polar surface area (TPSA) is 84.5 Å². The first-order chi connectivity index (χ1) is 17.1. The molecule has 5 rings (SSSR count). The van der Waals surface area contributed by atoms with Crippen LogP contribution in [0.15, 0.2) is 77.7 Å². The van der Waals surface area contributed by atoms with Gasteiger partial charge in [0.05, 0.1) is 28.8 Å². The minimum Gasteiger partial charge on any atom is -0.465 e. The number of rotatable bonds is 5. The average molecular weight is 503 g/mol. The molecular weight excluding hydrogens is 472 g/mol. The van der Waals surface area contributed by atoms with Gasteiger partial charge in [-0.1, -0.05) is 42.5 Å². The first kappa shape index (κ1) is 24.1. The number of benzene rings is 3. The molecule has 1 aliphatic carbocycles. The van der Waals surface area contributed by atoms with Crippen LogP contribution in [0.25, 0.3) is 0 Å². The van der Waals surface area contributed by atoms with Crippen LogP contribution in [-0.2, 0) is 20.3 Å². The summed E-state index contributed by atoms with van der Waals surface area (Å²) in [6, 6.07) is 18.5. The van der Waals surface area contributed by atoms with E-state index in [-0.39, 0.29) is 22.7 Å². The normalized spacial score (nSPS) is 22.3. The first-order valence-electron chi connectivity index (χ1n) is 12.0. The highest BCUT2D eigenvalue weighted by Crippen LogP contribution is 2.53. The highest BCUT2D eigenvalue weighted by atomic mass is 32.2. The van der Waals surface area contributed by atoms with E-state index in [9.17, 15) is 13.2 Å². The van der Waals surface area contributed by atoms with Crippen molar-refractivity contribution in [3.63, 3.8) is 0 Å². The maximum absolute atomic E-state index is 13.4. The predicted molar refractivity (Wildman–Crippen MR) is 142 cm³/mol. The molecule has 0 saturated heterocycles. The van der Waals surface area contributed by atoms with E-state index in [1.807, 2.05) is 50.2 Å². The van der Waals surface area contributed by atoms with Gasteiger partial charge in [-0.15, -0.1) is 0 Å². The Bertz CT molecular complexity index is 1460. The number of para-hydroxylation sites is 1. The van der Waals surface area contributed by atoms with Crippen LogP contribution >= 0.6 is 0 Å². The zero-order valence-electron chi connectivity index (χ0n) is 20.8. The Morgan fingerprint density at radius 3 is 2.42 bits per heavy atom. The van der Waals surface area contributed by atoms with Gasteiger partial charge in [0.2, 0.25) is 0 Å². The van der Waals surface area contributed by atoms with E-state index in [0.29, 0.717) is 11.3 Å². The quantitative estimate of drug-likeness (QED) is 0.336. The molecule has 2 aliphatic rings. The van der Waals surface area contributed by atoms with Gasteiger partial charge in [-0.25, -0.2) is 13.2 Å². The standard InChI is InChI=1S/C29H30N2O4S/c1-18-7-5-8-19(2)27(18)31-36(33,34)22-15-16-26-24(17-22)23-9-6-10-25(23)29(3,30-26)21-13-11-20(12-14-21)28(32)35-4/h5-9,11-17,23,25,30-31H,10H2,1-4H3. The smallest absolute Gasteiger partial charge is 0.337 e.